The first-order valence-electron chi connectivity index (χ1n) is 12.9. The van der Waals surface area contributed by atoms with Gasteiger partial charge in [0.05, 0.1) is 22.8 Å². The fraction of sp³-hybridized carbons (Fsp3) is 0.290. The molecule has 2 aliphatic carbocycles. The summed E-state index contributed by atoms with van der Waals surface area (Å²) >= 11 is 0. The molecule has 3 N–H and O–H groups in total. The van der Waals surface area contributed by atoms with E-state index in [4.69, 9.17) is 4.52 Å². The van der Waals surface area contributed by atoms with E-state index in [1.165, 1.54) is 11.1 Å². The molecule has 1 heterocycles. The molecule has 1 unspecified atom stereocenters. The van der Waals surface area contributed by atoms with Crippen LogP contribution in [0, 0.1) is 6.92 Å². The third-order valence-electron chi connectivity index (χ3n) is 8.01. The van der Waals surface area contributed by atoms with E-state index in [-0.39, 0.29) is 6.04 Å². The minimum Gasteiger partial charge on any atom is -0.481 e. The summed E-state index contributed by atoms with van der Waals surface area (Å²) in [6, 6.07) is 24.5. The number of nitrogens with zero attached hydrogens (tertiary/aromatic N) is 1. The SMILES string of the molecule is Cc1noc(-c2ccc(-c3ccc(C4(C(=O)O)CC4)cc3)cc2)c1C(O)CN[C@H]1CCc2ccccc21. The van der Waals surface area contributed by atoms with E-state index in [0.29, 0.717) is 36.4 Å². The Balaban J connectivity index is 1.17. The molecule has 0 saturated heterocycles. The third kappa shape index (κ3) is 4.26. The topological polar surface area (TPSA) is 95.6 Å². The van der Waals surface area contributed by atoms with Crippen molar-refractivity contribution in [3.05, 3.63) is 101 Å². The molecule has 0 amide bonds. The highest BCUT2D eigenvalue weighted by Crippen LogP contribution is 2.48. The first kappa shape index (κ1) is 23.6. The van der Waals surface area contributed by atoms with E-state index < -0.39 is 17.5 Å². The average Bonchev–Trinajstić information content (AvgIpc) is 3.51. The van der Waals surface area contributed by atoms with Gasteiger partial charge < -0.3 is 20.1 Å². The first-order chi connectivity index (χ1) is 18.0. The van der Waals surface area contributed by atoms with Crippen molar-refractivity contribution in [1.29, 1.82) is 0 Å². The lowest BCUT2D eigenvalue weighted by Gasteiger charge is -2.18. The second kappa shape index (κ2) is 9.29. The fourth-order valence-corrected chi connectivity index (χ4v) is 5.65. The molecule has 1 fully saturated rings. The lowest BCUT2D eigenvalue weighted by Crippen LogP contribution is -2.25. The zero-order chi connectivity index (χ0) is 25.6. The largest absolute Gasteiger partial charge is 0.481 e. The maximum atomic E-state index is 11.6. The quantitative estimate of drug-likeness (QED) is 0.289. The molecule has 6 nitrogen and oxygen atoms in total. The zero-order valence-corrected chi connectivity index (χ0v) is 20.8. The molecule has 37 heavy (non-hydrogen) atoms. The summed E-state index contributed by atoms with van der Waals surface area (Å²) in [5.74, 6) is -0.161. The lowest BCUT2D eigenvalue weighted by atomic mass is 9.93. The van der Waals surface area contributed by atoms with Crippen LogP contribution in [-0.2, 0) is 16.6 Å². The Kier molecular flexibility index (Phi) is 5.94. The molecule has 0 aliphatic heterocycles. The fourth-order valence-electron chi connectivity index (χ4n) is 5.65. The number of fused-ring (bicyclic) bond motifs is 1. The standard InChI is InChI=1S/C31H30N2O4/c1-19-28(27(34)18-32-26-15-12-22-4-2-3-5-25(22)26)29(37-33-19)23-8-6-20(7-9-23)21-10-13-24(14-11-21)31(16-17-31)30(35)36/h2-11,13-14,26-27,32,34H,12,15-18H2,1H3,(H,35,36)/t26-,27?/m0/s1. The van der Waals surface area contributed by atoms with E-state index in [9.17, 15) is 15.0 Å². The summed E-state index contributed by atoms with van der Waals surface area (Å²) in [7, 11) is 0. The number of hydrogen-bond acceptors (Lipinski definition) is 5. The van der Waals surface area contributed by atoms with Gasteiger partial charge >= 0.3 is 5.97 Å². The number of aromatic nitrogens is 1. The molecule has 6 rings (SSSR count). The van der Waals surface area contributed by atoms with Crippen LogP contribution in [-0.4, -0.2) is 27.9 Å². The summed E-state index contributed by atoms with van der Waals surface area (Å²) in [5.41, 5.74) is 7.15. The van der Waals surface area contributed by atoms with Gasteiger partial charge in [-0.05, 0) is 60.4 Å². The Labute approximate surface area is 216 Å². The summed E-state index contributed by atoms with van der Waals surface area (Å²) in [5, 5.41) is 28.3. The van der Waals surface area contributed by atoms with Gasteiger partial charge in [0.25, 0.3) is 0 Å². The van der Waals surface area contributed by atoms with Crippen LogP contribution in [0.3, 0.4) is 0 Å². The molecule has 1 saturated carbocycles. The number of nitrogens with one attached hydrogen (secondary N) is 1. The second-order valence-electron chi connectivity index (χ2n) is 10.3. The zero-order valence-electron chi connectivity index (χ0n) is 20.8. The average molecular weight is 495 g/mol. The maximum Gasteiger partial charge on any atom is 0.314 e. The van der Waals surface area contributed by atoms with Crippen molar-refractivity contribution in [3.63, 3.8) is 0 Å². The smallest absolute Gasteiger partial charge is 0.314 e. The predicted octanol–water partition coefficient (Wildman–Crippen LogP) is 5.74. The molecule has 4 aromatic rings. The number of carbonyl (C=O) groups is 1. The highest BCUT2D eigenvalue weighted by molar-refractivity contribution is 5.85. The molecule has 2 atom stereocenters. The molecule has 0 spiro atoms. The normalized spacial score (nSPS) is 18.4. The van der Waals surface area contributed by atoms with Crippen LogP contribution in [0.5, 0.6) is 0 Å². The van der Waals surface area contributed by atoms with E-state index >= 15 is 0 Å². The number of carboxylic acid groups (broad SMARTS) is 1. The monoisotopic (exact) mass is 494 g/mol. The van der Waals surface area contributed by atoms with Gasteiger partial charge in [-0.25, -0.2) is 0 Å². The summed E-state index contributed by atoms with van der Waals surface area (Å²) in [6.45, 7) is 2.27. The second-order valence-corrected chi connectivity index (χ2v) is 10.3. The van der Waals surface area contributed by atoms with Crippen molar-refractivity contribution < 1.29 is 19.5 Å². The van der Waals surface area contributed by atoms with Crippen LogP contribution in [0.2, 0.25) is 0 Å². The molecule has 0 radical (unpaired) electrons. The number of carboxylic acids is 1. The van der Waals surface area contributed by atoms with Crippen LogP contribution in [0.25, 0.3) is 22.5 Å². The molecular weight excluding hydrogens is 464 g/mol. The first-order valence-corrected chi connectivity index (χ1v) is 12.9. The molecule has 2 aliphatic rings. The number of aryl methyl sites for hydroxylation is 2. The van der Waals surface area contributed by atoms with Crippen molar-refractivity contribution in [2.24, 2.45) is 0 Å². The minimum atomic E-state index is -0.745. The van der Waals surface area contributed by atoms with Crippen molar-refractivity contribution in [3.8, 4) is 22.5 Å². The van der Waals surface area contributed by atoms with Gasteiger partial charge in [-0.2, -0.15) is 0 Å². The van der Waals surface area contributed by atoms with Crippen LogP contribution < -0.4 is 5.32 Å². The predicted molar refractivity (Wildman–Crippen MR) is 141 cm³/mol. The highest BCUT2D eigenvalue weighted by atomic mass is 16.5. The molecule has 188 valence electrons. The van der Waals surface area contributed by atoms with E-state index in [0.717, 1.165) is 35.1 Å². The highest BCUT2D eigenvalue weighted by Gasteiger charge is 2.51. The van der Waals surface area contributed by atoms with Crippen molar-refractivity contribution in [2.75, 3.05) is 6.54 Å². The molecule has 6 heteroatoms. The van der Waals surface area contributed by atoms with Gasteiger partial charge in [0.1, 0.15) is 0 Å². The van der Waals surface area contributed by atoms with Crippen LogP contribution in [0.1, 0.15) is 59.4 Å². The van der Waals surface area contributed by atoms with Gasteiger partial charge in [-0.3, -0.25) is 4.79 Å². The van der Waals surface area contributed by atoms with E-state index in [1.54, 1.807) is 0 Å². The Morgan fingerprint density at radius 3 is 2.35 bits per heavy atom. The maximum absolute atomic E-state index is 11.6. The Morgan fingerprint density at radius 1 is 1.03 bits per heavy atom. The number of hydrogen-bond donors (Lipinski definition) is 3. The number of benzene rings is 3. The number of aliphatic carboxylic acids is 1. The van der Waals surface area contributed by atoms with Crippen LogP contribution in [0.15, 0.2) is 77.3 Å². The number of aliphatic hydroxyl groups is 1. The van der Waals surface area contributed by atoms with Crippen LogP contribution in [0.4, 0.5) is 0 Å². The molecular formula is C31H30N2O4. The number of aliphatic hydroxyl groups excluding tert-OH is 1. The van der Waals surface area contributed by atoms with Gasteiger partial charge in [0.15, 0.2) is 5.76 Å². The van der Waals surface area contributed by atoms with Gasteiger partial charge in [-0.1, -0.05) is 78.0 Å². The molecule has 0 bridgehead atoms. The van der Waals surface area contributed by atoms with Crippen molar-refractivity contribution in [1.82, 2.24) is 10.5 Å². The van der Waals surface area contributed by atoms with E-state index in [2.05, 4.69) is 34.7 Å². The molecule has 1 aromatic heterocycles. The summed E-state index contributed by atoms with van der Waals surface area (Å²) in [6.07, 6.45) is 2.73. The lowest BCUT2D eigenvalue weighted by molar-refractivity contribution is -0.140. The van der Waals surface area contributed by atoms with Crippen LogP contribution >= 0.6 is 0 Å². The minimum absolute atomic E-state index is 0.241. The summed E-state index contributed by atoms with van der Waals surface area (Å²) in [4.78, 5) is 11.6. The van der Waals surface area contributed by atoms with Crippen molar-refractivity contribution >= 4 is 5.97 Å². The van der Waals surface area contributed by atoms with E-state index in [1.807, 2.05) is 55.5 Å². The van der Waals surface area contributed by atoms with Gasteiger partial charge in [0, 0.05) is 18.2 Å². The van der Waals surface area contributed by atoms with Crippen molar-refractivity contribution in [2.45, 2.75) is 50.2 Å². The Morgan fingerprint density at radius 2 is 1.68 bits per heavy atom. The Bertz CT molecular complexity index is 1440. The third-order valence-corrected chi connectivity index (χ3v) is 8.01. The van der Waals surface area contributed by atoms with Gasteiger partial charge in [0.2, 0.25) is 0 Å². The molecule has 3 aromatic carbocycles. The van der Waals surface area contributed by atoms with Gasteiger partial charge in [-0.15, -0.1) is 0 Å². The Hall–Kier alpha value is -3.74. The summed E-state index contributed by atoms with van der Waals surface area (Å²) < 4.78 is 5.67. The number of rotatable bonds is 8.